The molecule has 2 heterocycles. The van der Waals surface area contributed by atoms with Gasteiger partial charge in [0.05, 0.1) is 53.8 Å². The van der Waals surface area contributed by atoms with Gasteiger partial charge in [-0.25, -0.2) is 4.98 Å². The van der Waals surface area contributed by atoms with Crippen molar-refractivity contribution in [2.75, 3.05) is 38.6 Å². The van der Waals surface area contributed by atoms with Crippen LogP contribution in [0.3, 0.4) is 0 Å². The third-order valence-electron chi connectivity index (χ3n) is 7.90. The fourth-order valence-electron chi connectivity index (χ4n) is 5.35. The van der Waals surface area contributed by atoms with Gasteiger partial charge in [-0.2, -0.15) is 0 Å². The van der Waals surface area contributed by atoms with Crippen molar-refractivity contribution in [2.45, 2.75) is 50.8 Å². The number of hydrogen-bond acceptors (Lipinski definition) is 10. The SMILES string of the molecule is [B]C([B])([B])NC(=O)/C(N)=C(/C=C(\N)NC(=O)C1CC1)Nc1cccc(-c2ncc(C(=O)N3CCC(N(CC)CC)CC3)s2)c1OC. The summed E-state index contributed by atoms with van der Waals surface area (Å²) < 4.78 is 5.76. The molecule has 46 heavy (non-hydrogen) atoms. The van der Waals surface area contributed by atoms with E-state index in [9.17, 15) is 14.4 Å². The van der Waals surface area contributed by atoms with Crippen LogP contribution in [0.4, 0.5) is 5.69 Å². The molecule has 0 unspecified atom stereocenters. The summed E-state index contributed by atoms with van der Waals surface area (Å²) in [4.78, 5) is 47.9. The summed E-state index contributed by atoms with van der Waals surface area (Å²) in [7, 11) is 18.1. The topological polar surface area (TPSA) is 168 Å². The van der Waals surface area contributed by atoms with Gasteiger partial charge in [0.25, 0.3) is 11.8 Å². The number of allylic oxidation sites excluding steroid dienone is 1. The number of ether oxygens (including phenoxy) is 1. The van der Waals surface area contributed by atoms with E-state index in [1.54, 1.807) is 24.4 Å². The Balaban J connectivity index is 1.58. The Labute approximate surface area is 278 Å². The number of piperidine rings is 1. The van der Waals surface area contributed by atoms with Crippen LogP contribution in [-0.4, -0.2) is 101 Å². The minimum Gasteiger partial charge on any atom is -0.494 e. The highest BCUT2D eigenvalue weighted by molar-refractivity contribution is 7.17. The van der Waals surface area contributed by atoms with Crippen LogP contribution >= 0.6 is 11.3 Å². The second-order valence-electron chi connectivity index (χ2n) is 11.4. The van der Waals surface area contributed by atoms with E-state index in [4.69, 9.17) is 39.7 Å². The average Bonchev–Trinajstić information content (AvgIpc) is 3.76. The number of likely N-dealkylation sites (tertiary alicyclic amines) is 1. The van der Waals surface area contributed by atoms with E-state index in [-0.39, 0.29) is 34.9 Å². The molecule has 4 rings (SSSR count). The lowest BCUT2D eigenvalue weighted by Gasteiger charge is -2.37. The van der Waals surface area contributed by atoms with Crippen LogP contribution in [0.1, 0.15) is 49.2 Å². The summed E-state index contributed by atoms with van der Waals surface area (Å²) >= 11 is 1.26. The van der Waals surface area contributed by atoms with Crippen LogP contribution in [0, 0.1) is 5.92 Å². The number of carbonyl (C=O) groups is 3. The zero-order valence-corrected chi connectivity index (χ0v) is 27.3. The van der Waals surface area contributed by atoms with Crippen LogP contribution in [0.25, 0.3) is 10.6 Å². The molecule has 3 amide bonds. The third-order valence-corrected chi connectivity index (χ3v) is 8.91. The first kappa shape index (κ1) is 35.0. The Morgan fingerprint density at radius 3 is 2.39 bits per heavy atom. The maximum absolute atomic E-state index is 13.4. The van der Waals surface area contributed by atoms with Gasteiger partial charge in [-0.1, -0.05) is 25.2 Å². The van der Waals surface area contributed by atoms with Crippen molar-refractivity contribution < 1.29 is 19.1 Å². The zero-order valence-electron chi connectivity index (χ0n) is 26.5. The number of benzene rings is 1. The summed E-state index contributed by atoms with van der Waals surface area (Å²) in [5.74, 6) is -0.958. The first-order valence-electron chi connectivity index (χ1n) is 15.3. The second kappa shape index (κ2) is 15.1. The van der Waals surface area contributed by atoms with E-state index in [0.717, 1.165) is 38.8 Å². The molecule has 1 saturated carbocycles. The molecule has 7 N–H and O–H groups in total. The maximum atomic E-state index is 13.4. The van der Waals surface area contributed by atoms with E-state index in [1.165, 1.54) is 24.5 Å². The molecule has 1 aliphatic carbocycles. The molecule has 1 aromatic heterocycles. The molecular weight excluding hydrogens is 601 g/mol. The lowest BCUT2D eigenvalue weighted by Crippen LogP contribution is -2.51. The summed E-state index contributed by atoms with van der Waals surface area (Å²) in [6.07, 6.45) is 6.30. The van der Waals surface area contributed by atoms with Gasteiger partial charge in [-0.15, -0.1) is 11.3 Å². The predicted octanol–water partition coefficient (Wildman–Crippen LogP) is 0.907. The van der Waals surface area contributed by atoms with E-state index in [1.807, 2.05) is 4.90 Å². The molecule has 238 valence electrons. The molecule has 0 atom stereocenters. The number of nitrogens with two attached hydrogens (primary N) is 2. The fraction of sp³-hybridized carbons (Fsp3) is 0.467. The van der Waals surface area contributed by atoms with Crippen LogP contribution in [-0.2, 0) is 9.59 Å². The van der Waals surface area contributed by atoms with Gasteiger partial charge in [0.1, 0.15) is 21.4 Å². The van der Waals surface area contributed by atoms with Crippen molar-refractivity contribution in [3.63, 3.8) is 0 Å². The van der Waals surface area contributed by atoms with Gasteiger partial charge in [0, 0.05) is 31.1 Å². The standard InChI is InChI=1S/C30H39B3N8O4S/c1-4-40(5-2)18-11-13-41(14-12-18)29(44)22-16-36-28(46-22)19-7-6-8-20(25(19)45-3)37-21(24(35)27(43)39-30(31,32)33)15-23(34)38-26(42)17-9-10-17/h6-8,15-18,37H,4-5,9-14,34-35H2,1-3H3,(H,38,42)(H,39,43)/b23-15+,24-21+. The number of nitrogens with one attached hydrogen (secondary N) is 3. The highest BCUT2D eigenvalue weighted by Crippen LogP contribution is 2.39. The van der Waals surface area contributed by atoms with Gasteiger partial charge >= 0.3 is 0 Å². The van der Waals surface area contributed by atoms with Crippen molar-refractivity contribution in [3.05, 3.63) is 52.6 Å². The number of nitrogens with zero attached hydrogens (tertiary/aromatic N) is 3. The van der Waals surface area contributed by atoms with Crippen molar-refractivity contribution in [1.82, 2.24) is 25.4 Å². The minimum atomic E-state index is -2.04. The Morgan fingerprint density at radius 1 is 1.13 bits per heavy atom. The van der Waals surface area contributed by atoms with Crippen LogP contribution in [0.15, 0.2) is 47.7 Å². The molecule has 2 aliphatic rings. The predicted molar refractivity (Wildman–Crippen MR) is 182 cm³/mol. The second-order valence-corrected chi connectivity index (χ2v) is 12.4. The van der Waals surface area contributed by atoms with E-state index >= 15 is 0 Å². The fourth-order valence-corrected chi connectivity index (χ4v) is 6.25. The van der Waals surface area contributed by atoms with Crippen molar-refractivity contribution in [1.29, 1.82) is 0 Å². The third kappa shape index (κ3) is 8.88. The van der Waals surface area contributed by atoms with E-state index in [0.29, 0.717) is 46.0 Å². The zero-order chi connectivity index (χ0) is 33.6. The Bertz CT molecular complexity index is 1490. The lowest BCUT2D eigenvalue weighted by atomic mass is 9.49. The number of hydrogen-bond donors (Lipinski definition) is 5. The monoisotopic (exact) mass is 640 g/mol. The van der Waals surface area contributed by atoms with Gasteiger partial charge in [0.2, 0.25) is 5.91 Å². The van der Waals surface area contributed by atoms with E-state index in [2.05, 4.69) is 39.7 Å². The molecule has 16 heteroatoms. The largest absolute Gasteiger partial charge is 0.494 e. The smallest absolute Gasteiger partial charge is 0.267 e. The Kier molecular flexibility index (Phi) is 11.5. The van der Waals surface area contributed by atoms with Crippen LogP contribution < -0.4 is 32.2 Å². The van der Waals surface area contributed by atoms with Gasteiger partial charge in [-0.05, 0) is 50.9 Å². The summed E-state index contributed by atoms with van der Waals surface area (Å²) in [6.45, 7) is 7.70. The lowest BCUT2D eigenvalue weighted by molar-refractivity contribution is -0.121. The van der Waals surface area contributed by atoms with Gasteiger partial charge in [0.15, 0.2) is 5.75 Å². The highest BCUT2D eigenvalue weighted by Gasteiger charge is 2.30. The minimum absolute atomic E-state index is 0.00826. The number of amides is 3. The number of para-hydroxylation sites is 1. The number of aromatic nitrogens is 1. The van der Waals surface area contributed by atoms with E-state index < -0.39 is 11.1 Å². The molecule has 1 aliphatic heterocycles. The van der Waals surface area contributed by atoms with Crippen molar-refractivity contribution >= 4 is 58.3 Å². The quantitative estimate of drug-likeness (QED) is 0.122. The molecular formula is C30H39B3N8O4S. The Hall–Kier alpha value is -3.91. The molecule has 12 nitrogen and oxygen atoms in total. The maximum Gasteiger partial charge on any atom is 0.267 e. The normalized spacial score (nSPS) is 16.5. The summed E-state index contributed by atoms with van der Waals surface area (Å²) in [5, 5.41) is 6.37. The van der Waals surface area contributed by atoms with Crippen molar-refractivity contribution in [2.24, 2.45) is 17.4 Å². The molecule has 0 spiro atoms. The number of thiazole rings is 1. The molecule has 2 fully saturated rings. The van der Waals surface area contributed by atoms with Gasteiger partial charge < -0.3 is 42.0 Å². The number of carbonyl (C=O) groups excluding carboxylic acids is 3. The first-order valence-corrected chi connectivity index (χ1v) is 16.1. The molecule has 0 bridgehead atoms. The van der Waals surface area contributed by atoms with Crippen LogP contribution in [0.2, 0.25) is 0 Å². The number of methoxy groups -OCH3 is 1. The first-order chi connectivity index (χ1) is 21.8. The summed E-state index contributed by atoms with van der Waals surface area (Å²) in [5.41, 5.74) is 12.9. The summed E-state index contributed by atoms with van der Waals surface area (Å²) in [6, 6.07) is 5.73. The molecule has 2 aromatic rings. The highest BCUT2D eigenvalue weighted by atomic mass is 32.1. The average molecular weight is 640 g/mol. The molecule has 1 aromatic carbocycles. The molecule has 1 saturated heterocycles. The van der Waals surface area contributed by atoms with Crippen molar-refractivity contribution in [3.8, 4) is 16.3 Å². The number of anilines is 1. The Morgan fingerprint density at radius 2 is 1.80 bits per heavy atom. The van der Waals surface area contributed by atoms with Crippen LogP contribution in [0.5, 0.6) is 5.75 Å². The van der Waals surface area contributed by atoms with Gasteiger partial charge in [-0.3, -0.25) is 14.4 Å². The number of rotatable bonds is 13. The molecule has 6 radical (unpaired) electrons.